The van der Waals surface area contributed by atoms with Crippen molar-refractivity contribution in [2.75, 3.05) is 13.1 Å². The van der Waals surface area contributed by atoms with Gasteiger partial charge in [-0.25, -0.2) is 0 Å². The standard InChI is InChI=1S/C26H30N4O3/c27-14-19-3-1-2-4-21(19)18-9-11-29(12-10-18)15-17-5-6-22-20(13-17)16-30(26(22)33)23-7-8-24(31)28-25(23)32/h1-6,13,18,23H,7-12,14-16,27H2,(H,28,31,32). The second-order valence-corrected chi connectivity index (χ2v) is 9.34. The van der Waals surface area contributed by atoms with E-state index in [9.17, 15) is 14.4 Å². The van der Waals surface area contributed by atoms with Crippen molar-refractivity contribution in [2.45, 2.75) is 57.3 Å². The Bertz CT molecular complexity index is 1090. The van der Waals surface area contributed by atoms with E-state index in [2.05, 4.69) is 40.5 Å². The first kappa shape index (κ1) is 21.8. The van der Waals surface area contributed by atoms with Gasteiger partial charge < -0.3 is 10.6 Å². The summed E-state index contributed by atoms with van der Waals surface area (Å²) in [7, 11) is 0. The highest BCUT2D eigenvalue weighted by Crippen LogP contribution is 2.32. The number of hydrogen-bond acceptors (Lipinski definition) is 5. The third-order valence-electron chi connectivity index (χ3n) is 7.30. The van der Waals surface area contributed by atoms with E-state index in [1.54, 1.807) is 4.90 Å². The molecule has 2 aromatic carbocycles. The summed E-state index contributed by atoms with van der Waals surface area (Å²) in [4.78, 5) is 40.7. The maximum absolute atomic E-state index is 12.9. The van der Waals surface area contributed by atoms with Crippen LogP contribution in [0.25, 0.3) is 0 Å². The van der Waals surface area contributed by atoms with Crippen molar-refractivity contribution in [1.29, 1.82) is 0 Å². The molecule has 2 fully saturated rings. The van der Waals surface area contributed by atoms with E-state index in [4.69, 9.17) is 5.73 Å². The Balaban J connectivity index is 1.22. The zero-order valence-electron chi connectivity index (χ0n) is 18.8. The van der Waals surface area contributed by atoms with Gasteiger partial charge >= 0.3 is 0 Å². The van der Waals surface area contributed by atoms with Gasteiger partial charge in [0.15, 0.2) is 0 Å². The molecular weight excluding hydrogens is 416 g/mol. The summed E-state index contributed by atoms with van der Waals surface area (Å²) in [5.41, 5.74) is 11.4. The van der Waals surface area contributed by atoms with Crippen LogP contribution in [-0.4, -0.2) is 46.7 Å². The molecule has 2 aromatic rings. The van der Waals surface area contributed by atoms with Crippen molar-refractivity contribution in [3.63, 3.8) is 0 Å². The first-order chi connectivity index (χ1) is 16.0. The number of likely N-dealkylation sites (tertiary alicyclic amines) is 1. The topological polar surface area (TPSA) is 95.7 Å². The van der Waals surface area contributed by atoms with Gasteiger partial charge in [-0.2, -0.15) is 0 Å². The number of imide groups is 1. The average molecular weight is 447 g/mol. The molecule has 0 saturated carbocycles. The van der Waals surface area contributed by atoms with Crippen LogP contribution < -0.4 is 11.1 Å². The number of nitrogens with zero attached hydrogens (tertiary/aromatic N) is 2. The van der Waals surface area contributed by atoms with Crippen molar-refractivity contribution < 1.29 is 14.4 Å². The van der Waals surface area contributed by atoms with Gasteiger partial charge in [0.05, 0.1) is 0 Å². The summed E-state index contributed by atoms with van der Waals surface area (Å²) in [6, 6.07) is 14.0. The summed E-state index contributed by atoms with van der Waals surface area (Å²) in [6.07, 6.45) is 2.89. The summed E-state index contributed by atoms with van der Waals surface area (Å²) < 4.78 is 0. The molecule has 3 heterocycles. The predicted molar refractivity (Wildman–Crippen MR) is 124 cm³/mol. The van der Waals surface area contributed by atoms with Gasteiger partial charge in [-0.15, -0.1) is 0 Å². The van der Waals surface area contributed by atoms with E-state index < -0.39 is 6.04 Å². The molecule has 172 valence electrons. The Morgan fingerprint density at radius 2 is 1.79 bits per heavy atom. The molecule has 1 unspecified atom stereocenters. The number of benzene rings is 2. The predicted octanol–water partition coefficient (Wildman–Crippen LogP) is 2.29. The largest absolute Gasteiger partial charge is 0.326 e. The fourth-order valence-electron chi connectivity index (χ4n) is 5.50. The highest BCUT2D eigenvalue weighted by Gasteiger charge is 2.39. The molecule has 0 spiro atoms. The van der Waals surface area contributed by atoms with Gasteiger partial charge in [-0.05, 0) is 66.6 Å². The molecule has 2 saturated heterocycles. The van der Waals surface area contributed by atoms with Crippen molar-refractivity contribution in [1.82, 2.24) is 15.1 Å². The Morgan fingerprint density at radius 3 is 2.55 bits per heavy atom. The number of rotatable bonds is 5. The van der Waals surface area contributed by atoms with Crippen LogP contribution in [0.4, 0.5) is 0 Å². The molecule has 3 aliphatic rings. The van der Waals surface area contributed by atoms with E-state index >= 15 is 0 Å². The van der Waals surface area contributed by atoms with Gasteiger partial charge in [-0.1, -0.05) is 36.4 Å². The third kappa shape index (κ3) is 4.30. The lowest BCUT2D eigenvalue weighted by Crippen LogP contribution is -2.52. The van der Waals surface area contributed by atoms with Crippen molar-refractivity contribution in [2.24, 2.45) is 5.73 Å². The molecule has 3 amide bonds. The number of amides is 3. The molecule has 33 heavy (non-hydrogen) atoms. The SMILES string of the molecule is NCc1ccccc1C1CCN(Cc2ccc3c(c2)CN(C2CCC(=O)NC2=O)C3=O)CC1. The van der Waals surface area contributed by atoms with Crippen molar-refractivity contribution in [3.05, 3.63) is 70.3 Å². The van der Waals surface area contributed by atoms with Gasteiger partial charge in [0.25, 0.3) is 5.91 Å². The Kier molecular flexibility index (Phi) is 6.00. The second-order valence-electron chi connectivity index (χ2n) is 9.34. The van der Waals surface area contributed by atoms with E-state index in [1.807, 2.05) is 12.1 Å². The van der Waals surface area contributed by atoms with Gasteiger partial charge in [0.2, 0.25) is 11.8 Å². The number of hydrogen-bond donors (Lipinski definition) is 2. The summed E-state index contributed by atoms with van der Waals surface area (Å²) in [6.45, 7) is 3.92. The third-order valence-corrected chi connectivity index (χ3v) is 7.30. The zero-order chi connectivity index (χ0) is 22.9. The summed E-state index contributed by atoms with van der Waals surface area (Å²) >= 11 is 0. The van der Waals surface area contributed by atoms with E-state index in [0.29, 0.717) is 31.0 Å². The number of nitrogens with two attached hydrogens (primary N) is 1. The lowest BCUT2D eigenvalue weighted by molar-refractivity contribution is -0.136. The highest BCUT2D eigenvalue weighted by molar-refractivity contribution is 6.05. The first-order valence-corrected chi connectivity index (χ1v) is 11.8. The normalized spacial score (nSPS) is 21.9. The van der Waals surface area contributed by atoms with Crippen LogP contribution >= 0.6 is 0 Å². The van der Waals surface area contributed by atoms with E-state index in [1.165, 1.54) is 16.7 Å². The van der Waals surface area contributed by atoms with Crippen LogP contribution in [0.3, 0.4) is 0 Å². The molecule has 7 nitrogen and oxygen atoms in total. The number of fused-ring (bicyclic) bond motifs is 1. The zero-order valence-corrected chi connectivity index (χ0v) is 18.8. The quantitative estimate of drug-likeness (QED) is 0.687. The average Bonchev–Trinajstić information content (AvgIpc) is 3.15. The van der Waals surface area contributed by atoms with Crippen LogP contribution in [0.2, 0.25) is 0 Å². The molecular formula is C26H30N4O3. The van der Waals surface area contributed by atoms with Crippen LogP contribution in [0.5, 0.6) is 0 Å². The molecule has 7 heteroatoms. The minimum Gasteiger partial charge on any atom is -0.326 e. The molecule has 3 aliphatic heterocycles. The molecule has 5 rings (SSSR count). The van der Waals surface area contributed by atoms with Gasteiger partial charge in [-0.3, -0.25) is 24.6 Å². The highest BCUT2D eigenvalue weighted by atomic mass is 16.2. The van der Waals surface area contributed by atoms with Crippen LogP contribution in [0, 0.1) is 0 Å². The molecule has 0 bridgehead atoms. The monoisotopic (exact) mass is 446 g/mol. The van der Waals surface area contributed by atoms with E-state index in [-0.39, 0.29) is 24.1 Å². The molecule has 1 atom stereocenters. The van der Waals surface area contributed by atoms with Gasteiger partial charge in [0, 0.05) is 31.6 Å². The molecule has 0 radical (unpaired) electrons. The molecule has 0 aliphatic carbocycles. The fourth-order valence-corrected chi connectivity index (χ4v) is 5.50. The first-order valence-electron chi connectivity index (χ1n) is 11.8. The molecule has 0 aromatic heterocycles. The Morgan fingerprint density at radius 1 is 1.00 bits per heavy atom. The van der Waals surface area contributed by atoms with Crippen LogP contribution in [0.15, 0.2) is 42.5 Å². The number of nitrogens with one attached hydrogen (secondary N) is 1. The van der Waals surface area contributed by atoms with Crippen molar-refractivity contribution in [3.8, 4) is 0 Å². The lowest BCUT2D eigenvalue weighted by Gasteiger charge is -2.33. The minimum atomic E-state index is -0.568. The van der Waals surface area contributed by atoms with Crippen LogP contribution in [0.1, 0.15) is 64.2 Å². The summed E-state index contributed by atoms with van der Waals surface area (Å²) in [5.74, 6) is -0.198. The van der Waals surface area contributed by atoms with Crippen LogP contribution in [-0.2, 0) is 29.2 Å². The maximum Gasteiger partial charge on any atom is 0.255 e. The number of carbonyl (C=O) groups is 3. The Hall–Kier alpha value is -3.03. The second kappa shape index (κ2) is 9.08. The van der Waals surface area contributed by atoms with Gasteiger partial charge in [0.1, 0.15) is 6.04 Å². The maximum atomic E-state index is 12.9. The minimum absolute atomic E-state index is 0.120. The number of piperidine rings is 2. The summed E-state index contributed by atoms with van der Waals surface area (Å²) in [5, 5.41) is 2.36. The number of carbonyl (C=O) groups excluding carboxylic acids is 3. The Labute approximate surface area is 193 Å². The van der Waals surface area contributed by atoms with E-state index in [0.717, 1.165) is 38.0 Å². The molecule has 3 N–H and O–H groups in total. The fraction of sp³-hybridized carbons (Fsp3) is 0.423. The van der Waals surface area contributed by atoms with Crippen molar-refractivity contribution >= 4 is 17.7 Å². The smallest absolute Gasteiger partial charge is 0.255 e. The lowest BCUT2D eigenvalue weighted by atomic mass is 9.86.